The third kappa shape index (κ3) is 1.58. The van der Waals surface area contributed by atoms with Crippen LogP contribution in [0.3, 0.4) is 0 Å². The van der Waals surface area contributed by atoms with Crippen molar-refractivity contribution in [3.8, 4) is 0 Å². The minimum absolute atomic E-state index is 0.539. The number of rotatable bonds is 2. The fourth-order valence-corrected chi connectivity index (χ4v) is 2.25. The zero-order valence-electron chi connectivity index (χ0n) is 11.1. The van der Waals surface area contributed by atoms with Crippen LogP contribution in [0.15, 0.2) is 24.9 Å². The molecule has 100 valence electrons. The number of aromatic nitrogens is 8. The first-order valence-corrected chi connectivity index (χ1v) is 6.22. The zero-order valence-corrected chi connectivity index (χ0v) is 11.1. The van der Waals surface area contributed by atoms with Crippen LogP contribution in [-0.4, -0.2) is 39.1 Å². The van der Waals surface area contributed by atoms with Crippen LogP contribution in [0.5, 0.6) is 0 Å². The van der Waals surface area contributed by atoms with E-state index in [1.807, 2.05) is 31.0 Å². The van der Waals surface area contributed by atoms with Gasteiger partial charge in [-0.15, -0.1) is 5.10 Å². The van der Waals surface area contributed by atoms with Gasteiger partial charge in [0.25, 0.3) is 0 Å². The summed E-state index contributed by atoms with van der Waals surface area (Å²) in [6, 6.07) is 0. The van der Waals surface area contributed by atoms with Gasteiger partial charge < -0.3 is 0 Å². The lowest BCUT2D eigenvalue weighted by Gasteiger charge is -1.94. The van der Waals surface area contributed by atoms with Crippen molar-refractivity contribution in [2.75, 3.05) is 0 Å². The van der Waals surface area contributed by atoms with E-state index in [0.29, 0.717) is 12.4 Å². The second-order valence-electron chi connectivity index (χ2n) is 4.76. The maximum Gasteiger partial charge on any atom is 0.173 e. The Hall–Kier alpha value is -2.77. The molecule has 4 heterocycles. The average Bonchev–Trinajstić information content (AvgIpc) is 3.09. The summed E-state index contributed by atoms with van der Waals surface area (Å²) in [4.78, 5) is 8.89. The Morgan fingerprint density at radius 1 is 1.15 bits per heavy atom. The second-order valence-corrected chi connectivity index (χ2v) is 4.76. The molecule has 0 saturated heterocycles. The first-order chi connectivity index (χ1) is 9.70. The van der Waals surface area contributed by atoms with Crippen molar-refractivity contribution in [3.63, 3.8) is 0 Å². The van der Waals surface area contributed by atoms with E-state index in [1.54, 1.807) is 21.7 Å². The molecule has 8 nitrogen and oxygen atoms in total. The van der Waals surface area contributed by atoms with E-state index in [4.69, 9.17) is 0 Å². The smallest absolute Gasteiger partial charge is 0.173 e. The molecule has 0 spiro atoms. The molecule has 0 aliphatic rings. The standard InChI is InChI=1S/C12H12N8/c1-8-3-15-19(5-8)6-10-16-12-9-4-14-18(2)11(9)13-7-20(12)17-10/h3-5,7H,6H2,1-2H3. The molecule has 0 aromatic carbocycles. The second kappa shape index (κ2) is 3.86. The van der Waals surface area contributed by atoms with Crippen LogP contribution in [0, 0.1) is 6.92 Å². The molecule has 4 rings (SSSR count). The first kappa shape index (κ1) is 11.1. The van der Waals surface area contributed by atoms with E-state index in [9.17, 15) is 0 Å². The third-order valence-corrected chi connectivity index (χ3v) is 3.18. The number of nitrogens with zero attached hydrogens (tertiary/aromatic N) is 8. The van der Waals surface area contributed by atoms with Crippen LogP contribution in [0.4, 0.5) is 0 Å². The summed E-state index contributed by atoms with van der Waals surface area (Å²) in [6.45, 7) is 2.54. The molecule has 0 atom stereocenters. The summed E-state index contributed by atoms with van der Waals surface area (Å²) in [5.41, 5.74) is 2.68. The summed E-state index contributed by atoms with van der Waals surface area (Å²) in [5, 5.41) is 13.8. The lowest BCUT2D eigenvalue weighted by molar-refractivity contribution is 0.653. The van der Waals surface area contributed by atoms with Crippen molar-refractivity contribution in [2.24, 2.45) is 7.05 Å². The van der Waals surface area contributed by atoms with E-state index in [0.717, 1.165) is 22.2 Å². The number of fused-ring (bicyclic) bond motifs is 3. The third-order valence-electron chi connectivity index (χ3n) is 3.18. The Morgan fingerprint density at radius 3 is 2.85 bits per heavy atom. The average molecular weight is 268 g/mol. The SMILES string of the molecule is Cc1cnn(Cc2nc3c4cnn(C)c4ncn3n2)c1. The van der Waals surface area contributed by atoms with Crippen LogP contribution in [-0.2, 0) is 13.6 Å². The molecule has 0 saturated carbocycles. The molecule has 0 amide bonds. The summed E-state index contributed by atoms with van der Waals surface area (Å²) in [5.74, 6) is 0.700. The van der Waals surface area contributed by atoms with Gasteiger partial charge in [0.1, 0.15) is 12.9 Å². The minimum atomic E-state index is 0.539. The number of hydrogen-bond donors (Lipinski definition) is 0. The number of aryl methyl sites for hydroxylation is 2. The highest BCUT2D eigenvalue weighted by atomic mass is 15.4. The van der Waals surface area contributed by atoms with Crippen LogP contribution >= 0.6 is 0 Å². The van der Waals surface area contributed by atoms with Gasteiger partial charge in [-0.2, -0.15) is 10.2 Å². The van der Waals surface area contributed by atoms with Crippen LogP contribution in [0.25, 0.3) is 16.7 Å². The highest BCUT2D eigenvalue weighted by molar-refractivity contribution is 5.88. The highest BCUT2D eigenvalue weighted by Crippen LogP contribution is 2.15. The van der Waals surface area contributed by atoms with E-state index in [1.165, 1.54) is 0 Å². The quantitative estimate of drug-likeness (QED) is 0.531. The maximum absolute atomic E-state index is 4.56. The van der Waals surface area contributed by atoms with Crippen molar-refractivity contribution in [1.29, 1.82) is 0 Å². The minimum Gasteiger partial charge on any atom is -0.265 e. The fourth-order valence-electron chi connectivity index (χ4n) is 2.25. The molecule has 0 aliphatic heterocycles. The van der Waals surface area contributed by atoms with Crippen molar-refractivity contribution < 1.29 is 0 Å². The van der Waals surface area contributed by atoms with Gasteiger partial charge in [0, 0.05) is 13.2 Å². The zero-order chi connectivity index (χ0) is 13.7. The molecule has 0 N–H and O–H groups in total. The van der Waals surface area contributed by atoms with Gasteiger partial charge in [-0.1, -0.05) is 0 Å². The van der Waals surface area contributed by atoms with Gasteiger partial charge in [-0.25, -0.2) is 14.5 Å². The van der Waals surface area contributed by atoms with E-state index in [2.05, 4.69) is 25.3 Å². The predicted octanol–water partition coefficient (Wildman–Crippen LogP) is 0.564. The molecule has 0 bridgehead atoms. The Bertz CT molecular complexity index is 912. The Labute approximate surface area is 113 Å². The molecular weight excluding hydrogens is 256 g/mol. The molecular formula is C12H12N8. The molecule has 0 radical (unpaired) electrons. The summed E-state index contributed by atoms with van der Waals surface area (Å²) in [6.07, 6.45) is 7.19. The maximum atomic E-state index is 4.56. The summed E-state index contributed by atoms with van der Waals surface area (Å²) < 4.78 is 5.22. The molecule has 8 heteroatoms. The van der Waals surface area contributed by atoms with E-state index in [-0.39, 0.29) is 0 Å². The molecule has 0 fully saturated rings. The fraction of sp³-hybridized carbons (Fsp3) is 0.250. The normalized spacial score (nSPS) is 11.7. The lowest BCUT2D eigenvalue weighted by Crippen LogP contribution is -2.02. The Balaban J connectivity index is 1.83. The topological polar surface area (TPSA) is 78.7 Å². The van der Waals surface area contributed by atoms with Gasteiger partial charge in [0.05, 0.1) is 17.8 Å². The van der Waals surface area contributed by atoms with Crippen LogP contribution in [0.2, 0.25) is 0 Å². The van der Waals surface area contributed by atoms with Gasteiger partial charge in [0.2, 0.25) is 0 Å². The molecule has 4 aromatic rings. The Morgan fingerprint density at radius 2 is 2.05 bits per heavy atom. The largest absolute Gasteiger partial charge is 0.265 e. The Kier molecular flexibility index (Phi) is 2.14. The van der Waals surface area contributed by atoms with Gasteiger partial charge >= 0.3 is 0 Å². The molecule has 0 aliphatic carbocycles. The van der Waals surface area contributed by atoms with Crippen molar-refractivity contribution in [1.82, 2.24) is 39.1 Å². The van der Waals surface area contributed by atoms with E-state index < -0.39 is 0 Å². The number of hydrogen-bond acceptors (Lipinski definition) is 5. The van der Waals surface area contributed by atoms with Crippen LogP contribution < -0.4 is 0 Å². The highest BCUT2D eigenvalue weighted by Gasteiger charge is 2.11. The van der Waals surface area contributed by atoms with Crippen molar-refractivity contribution in [2.45, 2.75) is 13.5 Å². The molecule has 4 aromatic heterocycles. The first-order valence-electron chi connectivity index (χ1n) is 6.22. The lowest BCUT2D eigenvalue weighted by atomic mass is 10.4. The molecule has 0 unspecified atom stereocenters. The van der Waals surface area contributed by atoms with Crippen LogP contribution in [0.1, 0.15) is 11.4 Å². The summed E-state index contributed by atoms with van der Waals surface area (Å²) >= 11 is 0. The van der Waals surface area contributed by atoms with Crippen molar-refractivity contribution in [3.05, 3.63) is 36.3 Å². The van der Waals surface area contributed by atoms with Gasteiger partial charge in [0.15, 0.2) is 17.1 Å². The van der Waals surface area contributed by atoms with E-state index >= 15 is 0 Å². The predicted molar refractivity (Wildman–Crippen MR) is 71.1 cm³/mol. The van der Waals surface area contributed by atoms with Gasteiger partial charge in [-0.05, 0) is 12.5 Å². The van der Waals surface area contributed by atoms with Crippen molar-refractivity contribution >= 4 is 16.7 Å². The summed E-state index contributed by atoms with van der Waals surface area (Å²) in [7, 11) is 1.86. The monoisotopic (exact) mass is 268 g/mol. The van der Waals surface area contributed by atoms with Gasteiger partial charge in [-0.3, -0.25) is 9.36 Å². The molecule has 20 heavy (non-hydrogen) atoms.